The minimum atomic E-state index is -3.41. The predicted octanol–water partition coefficient (Wildman–Crippen LogP) is 3.17. The molecule has 3 N–H and O–H groups in total. The van der Waals surface area contributed by atoms with Crippen LogP contribution >= 0.6 is 23.1 Å². The average molecular weight is 346 g/mol. The first-order valence-corrected chi connectivity index (χ1v) is 9.20. The van der Waals surface area contributed by atoms with Crippen molar-refractivity contribution in [3.8, 4) is 0 Å². The summed E-state index contributed by atoms with van der Waals surface area (Å²) in [5.74, 6) is 0.114. The topological polar surface area (TPSA) is 85.1 Å². The quantitative estimate of drug-likeness (QED) is 0.839. The van der Waals surface area contributed by atoms with Crippen LogP contribution in [0, 0.1) is 0 Å². The number of nitrogens with two attached hydrogens (primary N) is 1. The number of halogens is 1. The molecule has 0 fully saturated rings. The van der Waals surface area contributed by atoms with Crippen LogP contribution in [0.1, 0.15) is 18.9 Å². The fraction of sp³-hybridized carbons (Fsp3) is 0.308. The third kappa shape index (κ3) is 3.87. The van der Waals surface area contributed by atoms with Crippen molar-refractivity contribution in [2.75, 3.05) is 16.8 Å². The van der Waals surface area contributed by atoms with Gasteiger partial charge < -0.3 is 11.1 Å². The molecule has 0 aliphatic heterocycles. The van der Waals surface area contributed by atoms with Gasteiger partial charge >= 0.3 is 0 Å². The van der Waals surface area contributed by atoms with E-state index in [-0.39, 0.29) is 16.5 Å². The Morgan fingerprint density at radius 3 is 2.86 bits per heavy atom. The highest BCUT2D eigenvalue weighted by atomic mass is 35.5. The Morgan fingerprint density at radius 2 is 2.19 bits per heavy atom. The molecular weight excluding hydrogens is 330 g/mol. The fourth-order valence-corrected chi connectivity index (χ4v) is 4.74. The highest BCUT2D eigenvalue weighted by molar-refractivity contribution is 7.91. The first-order chi connectivity index (χ1) is 9.94. The monoisotopic (exact) mass is 345 g/mol. The smallest absolute Gasteiger partial charge is 0.185 e. The second-order valence-electron chi connectivity index (χ2n) is 4.53. The summed E-state index contributed by atoms with van der Waals surface area (Å²) in [5, 5.41) is 4.19. The van der Waals surface area contributed by atoms with Crippen LogP contribution in [0.25, 0.3) is 0 Å². The van der Waals surface area contributed by atoms with E-state index < -0.39 is 9.84 Å². The maximum absolute atomic E-state index is 12.2. The molecule has 0 aliphatic carbocycles. The lowest BCUT2D eigenvalue weighted by Gasteiger charge is -2.08. The lowest BCUT2D eigenvalue weighted by molar-refractivity contribution is 0.595. The first kappa shape index (κ1) is 16.1. The van der Waals surface area contributed by atoms with E-state index in [0.29, 0.717) is 23.0 Å². The largest absolute Gasteiger partial charge is 0.382 e. The predicted molar refractivity (Wildman–Crippen MR) is 87.6 cm³/mol. The lowest BCUT2D eigenvalue weighted by Crippen LogP contribution is -2.10. The third-order valence-electron chi connectivity index (χ3n) is 2.80. The van der Waals surface area contributed by atoms with Gasteiger partial charge in [0, 0.05) is 11.6 Å². The van der Waals surface area contributed by atoms with E-state index in [1.807, 2.05) is 25.1 Å². The molecule has 2 aromatic rings. The molecule has 0 saturated heterocycles. The van der Waals surface area contributed by atoms with E-state index in [9.17, 15) is 8.42 Å². The zero-order valence-corrected chi connectivity index (χ0v) is 13.9. The van der Waals surface area contributed by atoms with Gasteiger partial charge in [-0.25, -0.2) is 8.42 Å². The fourth-order valence-electron chi connectivity index (χ4n) is 1.91. The molecule has 1 heterocycles. The van der Waals surface area contributed by atoms with E-state index in [1.54, 1.807) is 6.07 Å². The van der Waals surface area contributed by atoms with Crippen molar-refractivity contribution in [1.29, 1.82) is 0 Å². The van der Waals surface area contributed by atoms with Crippen LogP contribution in [0.3, 0.4) is 0 Å². The molecule has 21 heavy (non-hydrogen) atoms. The van der Waals surface area contributed by atoms with Crippen LogP contribution in [0.15, 0.2) is 29.2 Å². The summed E-state index contributed by atoms with van der Waals surface area (Å²) in [5.41, 5.74) is 6.66. The van der Waals surface area contributed by atoms with Gasteiger partial charge in [0.15, 0.2) is 15.7 Å². The van der Waals surface area contributed by atoms with Crippen molar-refractivity contribution in [3.63, 3.8) is 0 Å². The molecule has 8 heteroatoms. The standard InChI is InChI=1S/C13H16ClN3O2S2/c1-2-6-21(18,19)11-12(15)17-20-13(11)16-8-9-4-3-5-10(14)7-9/h3-5,7,16H,2,6,8H2,1H3,(H2,15,17). The Kier molecular flexibility index (Phi) is 5.08. The van der Waals surface area contributed by atoms with Gasteiger partial charge in [0.1, 0.15) is 9.90 Å². The van der Waals surface area contributed by atoms with Crippen LogP contribution in [0.4, 0.5) is 10.8 Å². The highest BCUT2D eigenvalue weighted by Crippen LogP contribution is 2.33. The second-order valence-corrected chi connectivity index (χ2v) is 7.78. The van der Waals surface area contributed by atoms with Gasteiger partial charge in [0.2, 0.25) is 0 Å². The zero-order chi connectivity index (χ0) is 15.5. The summed E-state index contributed by atoms with van der Waals surface area (Å²) in [6, 6.07) is 7.35. The summed E-state index contributed by atoms with van der Waals surface area (Å²) in [7, 11) is -3.41. The zero-order valence-electron chi connectivity index (χ0n) is 11.5. The summed E-state index contributed by atoms with van der Waals surface area (Å²) < 4.78 is 28.4. The second kappa shape index (κ2) is 6.64. The van der Waals surface area contributed by atoms with Crippen LogP contribution < -0.4 is 11.1 Å². The molecule has 0 atom stereocenters. The summed E-state index contributed by atoms with van der Waals surface area (Å²) in [4.78, 5) is 0.108. The normalized spacial score (nSPS) is 11.5. The number of sulfone groups is 1. The van der Waals surface area contributed by atoms with Crippen LogP contribution in [0.5, 0.6) is 0 Å². The lowest BCUT2D eigenvalue weighted by atomic mass is 10.2. The number of nitrogen functional groups attached to an aromatic ring is 1. The Morgan fingerprint density at radius 1 is 1.43 bits per heavy atom. The molecule has 5 nitrogen and oxygen atoms in total. The number of rotatable bonds is 6. The average Bonchev–Trinajstić information content (AvgIpc) is 2.78. The molecule has 0 spiro atoms. The van der Waals surface area contributed by atoms with Gasteiger partial charge in [-0.05, 0) is 35.6 Å². The molecule has 2 rings (SSSR count). The molecular formula is C13H16ClN3O2S2. The number of nitrogens with one attached hydrogen (secondary N) is 1. The summed E-state index contributed by atoms with van der Waals surface area (Å²) >= 11 is 6.98. The third-order valence-corrected chi connectivity index (χ3v) is 5.96. The molecule has 0 radical (unpaired) electrons. The van der Waals surface area contributed by atoms with Crippen molar-refractivity contribution in [1.82, 2.24) is 4.37 Å². The number of hydrogen-bond donors (Lipinski definition) is 2. The van der Waals surface area contributed by atoms with E-state index >= 15 is 0 Å². The summed E-state index contributed by atoms with van der Waals surface area (Å²) in [6.45, 7) is 2.27. The van der Waals surface area contributed by atoms with Crippen LogP contribution in [0.2, 0.25) is 5.02 Å². The molecule has 1 aromatic heterocycles. The first-order valence-electron chi connectivity index (χ1n) is 6.40. The minimum absolute atomic E-state index is 0.0570. The number of hydrogen-bond acceptors (Lipinski definition) is 6. The molecule has 0 amide bonds. The van der Waals surface area contributed by atoms with Gasteiger partial charge in [-0.15, -0.1) is 0 Å². The van der Waals surface area contributed by atoms with Gasteiger partial charge in [-0.3, -0.25) is 0 Å². The van der Waals surface area contributed by atoms with Gasteiger partial charge in [0.25, 0.3) is 0 Å². The molecule has 114 valence electrons. The SMILES string of the molecule is CCCS(=O)(=O)c1c(N)nsc1NCc1cccc(Cl)c1. The number of anilines is 2. The number of nitrogens with zero attached hydrogens (tertiary/aromatic N) is 1. The Labute approximate surface area is 133 Å². The Bertz CT molecular complexity index is 729. The van der Waals surface area contributed by atoms with Crippen molar-refractivity contribution >= 4 is 43.8 Å². The van der Waals surface area contributed by atoms with E-state index in [2.05, 4.69) is 9.69 Å². The molecule has 1 aromatic carbocycles. The number of benzene rings is 1. The molecule has 0 saturated carbocycles. The Hall–Kier alpha value is -1.31. The van der Waals surface area contributed by atoms with E-state index in [1.165, 1.54) is 0 Å². The van der Waals surface area contributed by atoms with Crippen molar-refractivity contribution in [2.24, 2.45) is 0 Å². The molecule has 0 bridgehead atoms. The maximum atomic E-state index is 12.2. The van der Waals surface area contributed by atoms with Crippen LogP contribution in [-0.2, 0) is 16.4 Å². The highest BCUT2D eigenvalue weighted by Gasteiger charge is 2.24. The van der Waals surface area contributed by atoms with E-state index in [0.717, 1.165) is 17.1 Å². The van der Waals surface area contributed by atoms with Gasteiger partial charge in [-0.1, -0.05) is 30.7 Å². The van der Waals surface area contributed by atoms with Gasteiger partial charge in [0.05, 0.1) is 5.75 Å². The summed E-state index contributed by atoms with van der Waals surface area (Å²) in [6.07, 6.45) is 0.533. The van der Waals surface area contributed by atoms with Gasteiger partial charge in [-0.2, -0.15) is 4.37 Å². The van der Waals surface area contributed by atoms with Crippen molar-refractivity contribution in [2.45, 2.75) is 24.8 Å². The van der Waals surface area contributed by atoms with Crippen molar-refractivity contribution in [3.05, 3.63) is 34.9 Å². The molecule has 0 unspecified atom stereocenters. The minimum Gasteiger partial charge on any atom is -0.382 e. The number of aromatic nitrogens is 1. The molecule has 0 aliphatic rings. The van der Waals surface area contributed by atoms with E-state index in [4.69, 9.17) is 17.3 Å². The van der Waals surface area contributed by atoms with Crippen LogP contribution in [-0.4, -0.2) is 18.5 Å². The maximum Gasteiger partial charge on any atom is 0.185 e. The Balaban J connectivity index is 2.22. The van der Waals surface area contributed by atoms with Crippen molar-refractivity contribution < 1.29 is 8.42 Å².